The highest BCUT2D eigenvalue weighted by molar-refractivity contribution is 7.99. The van der Waals surface area contributed by atoms with Crippen molar-refractivity contribution in [2.45, 2.75) is 41.9 Å². The minimum Gasteiger partial charge on any atom is -0.385 e. The summed E-state index contributed by atoms with van der Waals surface area (Å²) >= 11 is 0.646. The van der Waals surface area contributed by atoms with Gasteiger partial charge in [0.1, 0.15) is 0 Å². The summed E-state index contributed by atoms with van der Waals surface area (Å²) in [7, 11) is 0. The maximum absolute atomic E-state index is 13.5. The largest absolute Gasteiger partial charge is 0.418 e. The van der Waals surface area contributed by atoms with Crippen LogP contribution in [0, 0.1) is 5.92 Å². The van der Waals surface area contributed by atoms with Gasteiger partial charge in [-0.25, -0.2) is 0 Å². The van der Waals surface area contributed by atoms with E-state index in [4.69, 9.17) is 0 Å². The molecule has 0 aliphatic carbocycles. The van der Waals surface area contributed by atoms with Gasteiger partial charge in [0.2, 0.25) is 5.91 Å². The van der Waals surface area contributed by atoms with Gasteiger partial charge in [-0.2, -0.15) is 26.3 Å². The van der Waals surface area contributed by atoms with E-state index in [-0.39, 0.29) is 5.91 Å². The Morgan fingerprint density at radius 3 is 2.28 bits per heavy atom. The van der Waals surface area contributed by atoms with Crippen molar-refractivity contribution in [3.05, 3.63) is 53.6 Å². The van der Waals surface area contributed by atoms with E-state index in [1.54, 1.807) is 29.2 Å². The van der Waals surface area contributed by atoms with Gasteiger partial charge < -0.3 is 10.2 Å². The summed E-state index contributed by atoms with van der Waals surface area (Å²) < 4.78 is 79.9. The molecule has 0 saturated carbocycles. The second-order valence-corrected chi connectivity index (χ2v) is 8.75. The molecule has 1 aliphatic rings. The number of carbonyl (C=O) groups excluding carboxylic acids is 1. The predicted molar refractivity (Wildman–Crippen MR) is 110 cm³/mol. The number of hydrogen-bond acceptors (Lipinski definition) is 3. The second kappa shape index (κ2) is 9.64. The van der Waals surface area contributed by atoms with E-state index in [2.05, 4.69) is 5.32 Å². The molecule has 0 aromatic heterocycles. The van der Waals surface area contributed by atoms with Crippen molar-refractivity contribution in [3.63, 3.8) is 0 Å². The molecule has 1 saturated heterocycles. The number of likely N-dealkylation sites (tertiary alicyclic amines) is 1. The van der Waals surface area contributed by atoms with Gasteiger partial charge in [0.05, 0.1) is 11.1 Å². The Morgan fingerprint density at radius 1 is 1.03 bits per heavy atom. The molecular formula is C22H22F6N2OS. The van der Waals surface area contributed by atoms with Crippen LogP contribution < -0.4 is 5.32 Å². The standard InChI is InChI=1S/C22H22F6N2OS/c1-14(31)30-10-8-15(9-11-30)13-29-16-4-2-5-17(12-16)32-19-7-3-6-18(21(23,24)25)20(19)22(26,27)28/h2-7,12,15,29H,8-11,13H2,1H3. The van der Waals surface area contributed by atoms with Gasteiger partial charge in [-0.15, -0.1) is 0 Å². The number of nitrogens with one attached hydrogen (secondary N) is 1. The van der Waals surface area contributed by atoms with Crippen molar-refractivity contribution in [1.82, 2.24) is 4.90 Å². The van der Waals surface area contributed by atoms with Crippen LogP contribution in [-0.2, 0) is 17.1 Å². The molecule has 2 aromatic rings. The number of anilines is 1. The first kappa shape index (κ1) is 24.3. The molecule has 1 heterocycles. The quantitative estimate of drug-likeness (QED) is 0.497. The Bertz CT molecular complexity index is 952. The van der Waals surface area contributed by atoms with Crippen LogP contribution in [-0.4, -0.2) is 30.4 Å². The third kappa shape index (κ3) is 6.11. The molecule has 3 rings (SSSR count). The number of alkyl halides is 6. The highest BCUT2D eigenvalue weighted by Gasteiger charge is 2.44. The van der Waals surface area contributed by atoms with Crippen LogP contribution in [0.5, 0.6) is 0 Å². The monoisotopic (exact) mass is 476 g/mol. The third-order valence-corrected chi connectivity index (χ3v) is 6.38. The predicted octanol–water partition coefficient (Wildman–Crippen LogP) is 6.55. The topological polar surface area (TPSA) is 32.3 Å². The molecule has 10 heteroatoms. The van der Waals surface area contributed by atoms with Gasteiger partial charge in [0, 0.05) is 42.0 Å². The summed E-state index contributed by atoms with van der Waals surface area (Å²) in [5, 5.41) is 3.25. The second-order valence-electron chi connectivity index (χ2n) is 7.63. The van der Waals surface area contributed by atoms with Gasteiger partial charge in [-0.3, -0.25) is 4.79 Å². The lowest BCUT2D eigenvalue weighted by atomic mass is 9.96. The fourth-order valence-corrected chi connectivity index (χ4v) is 4.72. The Balaban J connectivity index is 1.72. The molecule has 0 unspecified atom stereocenters. The minimum atomic E-state index is -5.14. The van der Waals surface area contributed by atoms with Crippen LogP contribution in [0.1, 0.15) is 30.9 Å². The van der Waals surface area contributed by atoms with Gasteiger partial charge >= 0.3 is 12.4 Å². The van der Waals surface area contributed by atoms with Crippen LogP contribution in [0.25, 0.3) is 0 Å². The normalized spacial score (nSPS) is 15.7. The van der Waals surface area contributed by atoms with E-state index in [0.29, 0.717) is 54.0 Å². The number of hydrogen-bond donors (Lipinski definition) is 1. The first-order valence-electron chi connectivity index (χ1n) is 10.00. The van der Waals surface area contributed by atoms with E-state index in [1.165, 1.54) is 6.92 Å². The number of amides is 1. The zero-order chi connectivity index (χ0) is 23.5. The molecule has 1 aliphatic heterocycles. The van der Waals surface area contributed by atoms with Crippen LogP contribution in [0.4, 0.5) is 32.0 Å². The summed E-state index contributed by atoms with van der Waals surface area (Å²) in [5.41, 5.74) is -2.70. The maximum Gasteiger partial charge on any atom is 0.418 e. The first-order chi connectivity index (χ1) is 14.9. The Kier molecular flexibility index (Phi) is 7.32. The average Bonchev–Trinajstić information content (AvgIpc) is 2.71. The highest BCUT2D eigenvalue weighted by Crippen LogP contribution is 2.46. The molecule has 0 atom stereocenters. The van der Waals surface area contributed by atoms with Crippen molar-refractivity contribution < 1.29 is 31.1 Å². The molecule has 1 amide bonds. The van der Waals surface area contributed by atoms with E-state index in [0.717, 1.165) is 25.0 Å². The van der Waals surface area contributed by atoms with E-state index in [1.807, 2.05) is 0 Å². The Labute approximate surface area is 186 Å². The summed E-state index contributed by atoms with van der Waals surface area (Å²) in [6.45, 7) is 3.55. The average molecular weight is 476 g/mol. The zero-order valence-corrected chi connectivity index (χ0v) is 18.0. The van der Waals surface area contributed by atoms with Crippen LogP contribution in [0.3, 0.4) is 0 Å². The fraction of sp³-hybridized carbons (Fsp3) is 0.409. The molecule has 32 heavy (non-hydrogen) atoms. The summed E-state index contributed by atoms with van der Waals surface area (Å²) in [5.74, 6) is 0.399. The van der Waals surface area contributed by atoms with E-state index in [9.17, 15) is 31.1 Å². The third-order valence-electron chi connectivity index (χ3n) is 5.33. The number of nitrogens with zero attached hydrogens (tertiary/aromatic N) is 1. The van der Waals surface area contributed by atoms with Gasteiger partial charge in [-0.05, 0) is 49.1 Å². The van der Waals surface area contributed by atoms with Crippen LogP contribution in [0.2, 0.25) is 0 Å². The molecule has 174 valence electrons. The molecule has 2 aromatic carbocycles. The number of piperidine rings is 1. The van der Waals surface area contributed by atoms with E-state index < -0.39 is 28.4 Å². The minimum absolute atomic E-state index is 0.0500. The van der Waals surface area contributed by atoms with E-state index >= 15 is 0 Å². The lowest BCUT2D eigenvalue weighted by Crippen LogP contribution is -2.38. The van der Waals surface area contributed by atoms with Crippen LogP contribution in [0.15, 0.2) is 52.3 Å². The molecule has 3 nitrogen and oxygen atoms in total. The number of carbonyl (C=O) groups is 1. The van der Waals surface area contributed by atoms with Gasteiger partial charge in [0.25, 0.3) is 0 Å². The molecule has 0 bridgehead atoms. The smallest absolute Gasteiger partial charge is 0.385 e. The lowest BCUT2D eigenvalue weighted by molar-refractivity contribution is -0.163. The highest BCUT2D eigenvalue weighted by atomic mass is 32.2. The summed E-state index contributed by atoms with van der Waals surface area (Å²) in [6.07, 6.45) is -8.55. The van der Waals surface area contributed by atoms with Gasteiger partial charge in [0.15, 0.2) is 0 Å². The molecule has 0 spiro atoms. The van der Waals surface area contributed by atoms with Crippen LogP contribution >= 0.6 is 11.8 Å². The van der Waals surface area contributed by atoms with Crippen molar-refractivity contribution >= 4 is 23.4 Å². The van der Waals surface area contributed by atoms with Crippen molar-refractivity contribution in [1.29, 1.82) is 0 Å². The van der Waals surface area contributed by atoms with Crippen molar-refractivity contribution in [2.24, 2.45) is 5.92 Å². The summed E-state index contributed by atoms with van der Waals surface area (Å²) in [4.78, 5) is 13.1. The molecule has 0 radical (unpaired) electrons. The van der Waals surface area contributed by atoms with Gasteiger partial charge in [-0.1, -0.05) is 23.9 Å². The number of halogens is 6. The zero-order valence-electron chi connectivity index (χ0n) is 17.2. The van der Waals surface area contributed by atoms with Crippen molar-refractivity contribution in [3.8, 4) is 0 Å². The first-order valence-corrected chi connectivity index (χ1v) is 10.8. The Morgan fingerprint density at radius 2 is 1.69 bits per heavy atom. The maximum atomic E-state index is 13.5. The lowest BCUT2D eigenvalue weighted by Gasteiger charge is -2.31. The molecule has 1 fully saturated rings. The summed E-state index contributed by atoms with van der Waals surface area (Å²) in [6, 6.07) is 9.05. The molecular weight excluding hydrogens is 454 g/mol. The Hall–Kier alpha value is -2.36. The van der Waals surface area contributed by atoms with Crippen molar-refractivity contribution in [2.75, 3.05) is 25.0 Å². The fourth-order valence-electron chi connectivity index (χ4n) is 3.66. The number of rotatable bonds is 5. The number of benzene rings is 2. The molecule has 1 N–H and O–H groups in total. The SMILES string of the molecule is CC(=O)N1CCC(CNc2cccc(Sc3cccc(C(F)(F)F)c3C(F)(F)F)c2)CC1.